The normalized spacial score (nSPS) is 12.1. The van der Waals surface area contributed by atoms with E-state index in [4.69, 9.17) is 0 Å². The van der Waals surface area contributed by atoms with E-state index in [-0.39, 0.29) is 6.42 Å². The SMILES string of the molecule is CC(C)(C)C(=O)CC(Cc1cccc2ccccc12)(C(=O)[O-])C(=O)[O-]. The van der Waals surface area contributed by atoms with Crippen LogP contribution in [-0.2, 0) is 20.8 Å². The molecule has 132 valence electrons. The molecule has 0 aromatic heterocycles. The molecular weight excluding hydrogens is 320 g/mol. The Balaban J connectivity index is 2.54. The molecule has 5 nitrogen and oxygen atoms in total. The van der Waals surface area contributed by atoms with E-state index in [1.165, 1.54) is 0 Å². The molecule has 25 heavy (non-hydrogen) atoms. The highest BCUT2D eigenvalue weighted by Gasteiger charge is 2.39. The molecule has 0 aliphatic carbocycles. The average Bonchev–Trinajstić information content (AvgIpc) is 2.53. The Labute approximate surface area is 146 Å². The fourth-order valence-electron chi connectivity index (χ4n) is 2.75. The van der Waals surface area contributed by atoms with Crippen molar-refractivity contribution in [3.63, 3.8) is 0 Å². The van der Waals surface area contributed by atoms with Crippen molar-refractivity contribution >= 4 is 28.5 Å². The highest BCUT2D eigenvalue weighted by Crippen LogP contribution is 2.33. The molecule has 0 saturated carbocycles. The summed E-state index contributed by atoms with van der Waals surface area (Å²) >= 11 is 0. The van der Waals surface area contributed by atoms with Gasteiger partial charge in [-0.05, 0) is 22.8 Å². The van der Waals surface area contributed by atoms with E-state index in [0.29, 0.717) is 5.56 Å². The predicted molar refractivity (Wildman–Crippen MR) is 89.2 cm³/mol. The minimum Gasteiger partial charge on any atom is -0.549 e. The Morgan fingerprint density at radius 1 is 0.880 bits per heavy atom. The van der Waals surface area contributed by atoms with E-state index < -0.39 is 35.0 Å². The molecule has 0 radical (unpaired) electrons. The van der Waals surface area contributed by atoms with Crippen molar-refractivity contribution in [2.75, 3.05) is 0 Å². The number of rotatable bonds is 6. The third kappa shape index (κ3) is 3.71. The van der Waals surface area contributed by atoms with E-state index in [2.05, 4.69) is 0 Å². The van der Waals surface area contributed by atoms with Gasteiger partial charge in [-0.15, -0.1) is 0 Å². The first kappa shape index (κ1) is 18.6. The number of fused-ring (bicyclic) bond motifs is 1. The van der Waals surface area contributed by atoms with Crippen LogP contribution in [-0.4, -0.2) is 17.7 Å². The summed E-state index contributed by atoms with van der Waals surface area (Å²) in [4.78, 5) is 35.9. The second-order valence-corrected chi connectivity index (χ2v) is 7.32. The van der Waals surface area contributed by atoms with Crippen LogP contribution in [0, 0.1) is 10.8 Å². The van der Waals surface area contributed by atoms with Gasteiger partial charge < -0.3 is 19.8 Å². The van der Waals surface area contributed by atoms with Gasteiger partial charge in [0, 0.05) is 11.8 Å². The average molecular weight is 340 g/mol. The quantitative estimate of drug-likeness (QED) is 0.727. The molecule has 0 aliphatic heterocycles. The zero-order valence-corrected chi connectivity index (χ0v) is 14.5. The smallest absolute Gasteiger partial charge is 0.139 e. The highest BCUT2D eigenvalue weighted by molar-refractivity contribution is 6.02. The molecule has 2 aromatic rings. The molecule has 0 unspecified atom stereocenters. The van der Waals surface area contributed by atoms with Gasteiger partial charge >= 0.3 is 0 Å². The van der Waals surface area contributed by atoms with Gasteiger partial charge in [-0.3, -0.25) is 4.79 Å². The Bertz CT molecular complexity index is 810. The molecule has 2 rings (SSSR count). The lowest BCUT2D eigenvalue weighted by molar-refractivity contribution is -0.343. The fourth-order valence-corrected chi connectivity index (χ4v) is 2.75. The first-order valence-electron chi connectivity index (χ1n) is 8.01. The van der Waals surface area contributed by atoms with Crippen LogP contribution < -0.4 is 10.2 Å². The largest absolute Gasteiger partial charge is 0.549 e. The summed E-state index contributed by atoms with van der Waals surface area (Å²) in [6.07, 6.45) is -1.05. The predicted octanol–water partition coefficient (Wildman–Crippen LogP) is 0.874. The summed E-state index contributed by atoms with van der Waals surface area (Å²) in [6.45, 7) is 4.84. The summed E-state index contributed by atoms with van der Waals surface area (Å²) in [5.74, 6) is -4.09. The van der Waals surface area contributed by atoms with Crippen LogP contribution in [0.1, 0.15) is 32.8 Å². The van der Waals surface area contributed by atoms with Crippen LogP contribution >= 0.6 is 0 Å². The van der Waals surface area contributed by atoms with E-state index in [1.54, 1.807) is 45.0 Å². The molecule has 0 amide bonds. The van der Waals surface area contributed by atoms with Crippen LogP contribution in [0.3, 0.4) is 0 Å². The van der Waals surface area contributed by atoms with Crippen molar-refractivity contribution < 1.29 is 24.6 Å². The van der Waals surface area contributed by atoms with Gasteiger partial charge in [0.05, 0.1) is 17.4 Å². The second-order valence-electron chi connectivity index (χ2n) is 7.32. The maximum Gasteiger partial charge on any atom is 0.139 e. The maximum absolute atomic E-state index is 12.4. The van der Waals surface area contributed by atoms with Crippen molar-refractivity contribution in [2.45, 2.75) is 33.6 Å². The number of carboxylic acids is 2. The molecule has 0 spiro atoms. The van der Waals surface area contributed by atoms with Crippen LogP contribution in [0.5, 0.6) is 0 Å². The monoisotopic (exact) mass is 340 g/mol. The zero-order valence-electron chi connectivity index (χ0n) is 14.5. The van der Waals surface area contributed by atoms with E-state index in [0.717, 1.165) is 10.8 Å². The fraction of sp³-hybridized carbons (Fsp3) is 0.350. The van der Waals surface area contributed by atoms with Crippen LogP contribution in [0.25, 0.3) is 10.8 Å². The number of ketones is 1. The van der Waals surface area contributed by atoms with E-state index in [1.807, 2.05) is 18.2 Å². The van der Waals surface area contributed by atoms with Gasteiger partial charge in [-0.25, -0.2) is 0 Å². The Morgan fingerprint density at radius 2 is 1.44 bits per heavy atom. The van der Waals surface area contributed by atoms with Crippen molar-refractivity contribution in [1.82, 2.24) is 0 Å². The first-order chi connectivity index (χ1) is 11.6. The molecule has 0 aliphatic rings. The van der Waals surface area contributed by atoms with E-state index in [9.17, 15) is 24.6 Å². The lowest BCUT2D eigenvalue weighted by atomic mass is 9.72. The second kappa shape index (κ2) is 6.67. The Kier molecular flexibility index (Phi) is 4.97. The third-order valence-electron chi connectivity index (χ3n) is 4.45. The number of carboxylic acid groups (broad SMARTS) is 2. The third-order valence-corrected chi connectivity index (χ3v) is 4.45. The van der Waals surface area contributed by atoms with Gasteiger partial charge in [-0.2, -0.15) is 0 Å². The van der Waals surface area contributed by atoms with Crippen molar-refractivity contribution in [2.24, 2.45) is 10.8 Å². The molecule has 0 fully saturated rings. The van der Waals surface area contributed by atoms with Crippen molar-refractivity contribution in [3.05, 3.63) is 48.0 Å². The summed E-state index contributed by atoms with van der Waals surface area (Å²) in [6, 6.07) is 12.5. The zero-order chi connectivity index (χ0) is 18.8. The molecule has 0 atom stereocenters. The number of benzene rings is 2. The Hall–Kier alpha value is -2.69. The number of hydrogen-bond donors (Lipinski definition) is 0. The van der Waals surface area contributed by atoms with Gasteiger partial charge in [0.1, 0.15) is 5.78 Å². The summed E-state index contributed by atoms with van der Waals surface area (Å²) < 4.78 is 0. The number of carbonyl (C=O) groups excluding carboxylic acids is 3. The molecule has 2 aromatic carbocycles. The number of hydrogen-bond acceptors (Lipinski definition) is 5. The van der Waals surface area contributed by atoms with Gasteiger partial charge in [0.25, 0.3) is 0 Å². The number of carbonyl (C=O) groups is 3. The standard InChI is InChI=1S/C20H22O5/c1-19(2,3)16(21)12-20(17(22)23,18(24)25)11-14-9-6-8-13-7-4-5-10-15(13)14/h4-10H,11-12H2,1-3H3,(H,22,23)(H,24,25)/p-2. The minimum absolute atomic E-state index is 0.374. The van der Waals surface area contributed by atoms with Gasteiger partial charge in [0.2, 0.25) is 0 Å². The van der Waals surface area contributed by atoms with E-state index >= 15 is 0 Å². The van der Waals surface area contributed by atoms with Crippen molar-refractivity contribution in [1.29, 1.82) is 0 Å². The number of Topliss-reactive ketones (excluding diaryl/α,β-unsaturated/α-hetero) is 1. The van der Waals surface area contributed by atoms with Crippen LogP contribution in [0.15, 0.2) is 42.5 Å². The maximum atomic E-state index is 12.4. The first-order valence-corrected chi connectivity index (χ1v) is 8.01. The lowest BCUT2D eigenvalue weighted by Gasteiger charge is -2.37. The van der Waals surface area contributed by atoms with Crippen molar-refractivity contribution in [3.8, 4) is 0 Å². The summed E-state index contributed by atoms with van der Waals surface area (Å²) in [5, 5.41) is 25.2. The molecule has 0 heterocycles. The van der Waals surface area contributed by atoms with Crippen LogP contribution in [0.4, 0.5) is 0 Å². The summed E-state index contributed by atoms with van der Waals surface area (Å²) in [7, 11) is 0. The van der Waals surface area contributed by atoms with Gasteiger partial charge in [0.15, 0.2) is 0 Å². The minimum atomic E-state index is -2.41. The molecular formula is C20H20O5-2. The van der Waals surface area contributed by atoms with Gasteiger partial charge in [-0.1, -0.05) is 63.2 Å². The lowest BCUT2D eigenvalue weighted by Crippen LogP contribution is -2.56. The summed E-state index contributed by atoms with van der Waals surface area (Å²) in [5.41, 5.74) is -2.75. The van der Waals surface area contributed by atoms with Crippen LogP contribution in [0.2, 0.25) is 0 Å². The topological polar surface area (TPSA) is 97.3 Å². The molecule has 5 heteroatoms. The molecule has 0 N–H and O–H groups in total. The number of aliphatic carboxylic acids is 2. The molecule has 0 saturated heterocycles. The highest BCUT2D eigenvalue weighted by atomic mass is 16.4. The Morgan fingerprint density at radius 3 is 2.00 bits per heavy atom. The molecule has 0 bridgehead atoms.